The van der Waals surface area contributed by atoms with Gasteiger partial charge in [-0.25, -0.2) is 4.79 Å². The van der Waals surface area contributed by atoms with E-state index in [1.165, 1.54) is 18.9 Å². The lowest BCUT2D eigenvalue weighted by Gasteiger charge is -2.19. The number of methoxy groups -OCH3 is 2. The number of ether oxygens (including phenoxy) is 2. The quantitative estimate of drug-likeness (QED) is 0.683. The molecule has 0 aliphatic carbocycles. The minimum absolute atomic E-state index is 0.203. The molecule has 0 fully saturated rings. The molecule has 2 aromatic rings. The topological polar surface area (TPSA) is 64.6 Å². The Morgan fingerprint density at radius 1 is 1.12 bits per heavy atom. The SMILES string of the molecule is COC(=O)c1ccc2c(c1)NC(=O)/C(=C\c1ccc(OC)cc1)S2. The van der Waals surface area contributed by atoms with Crippen LogP contribution in [-0.4, -0.2) is 26.1 Å². The molecule has 122 valence electrons. The average Bonchev–Trinajstić information content (AvgIpc) is 2.62. The van der Waals surface area contributed by atoms with Gasteiger partial charge in [0.1, 0.15) is 5.75 Å². The number of amides is 1. The van der Waals surface area contributed by atoms with Gasteiger partial charge in [0.2, 0.25) is 0 Å². The van der Waals surface area contributed by atoms with Gasteiger partial charge < -0.3 is 14.8 Å². The number of carbonyl (C=O) groups is 2. The number of hydrogen-bond acceptors (Lipinski definition) is 5. The molecule has 0 aromatic heterocycles. The third kappa shape index (κ3) is 3.28. The molecular weight excluding hydrogens is 326 g/mol. The number of hydrogen-bond donors (Lipinski definition) is 1. The fourth-order valence-electron chi connectivity index (χ4n) is 2.26. The highest BCUT2D eigenvalue weighted by molar-refractivity contribution is 8.04. The summed E-state index contributed by atoms with van der Waals surface area (Å²) in [6, 6.07) is 12.6. The molecule has 6 heteroatoms. The molecule has 24 heavy (non-hydrogen) atoms. The van der Waals surface area contributed by atoms with Crippen LogP contribution in [0, 0.1) is 0 Å². The summed E-state index contributed by atoms with van der Waals surface area (Å²) in [4.78, 5) is 25.3. The van der Waals surface area contributed by atoms with Crippen LogP contribution >= 0.6 is 11.8 Å². The summed E-state index contributed by atoms with van der Waals surface area (Å²) >= 11 is 1.36. The summed E-state index contributed by atoms with van der Waals surface area (Å²) in [5.74, 6) is 0.125. The first kappa shape index (κ1) is 16.1. The van der Waals surface area contributed by atoms with Gasteiger partial charge in [-0.05, 0) is 42.0 Å². The maximum Gasteiger partial charge on any atom is 0.337 e. The van der Waals surface area contributed by atoms with E-state index in [1.54, 1.807) is 25.3 Å². The van der Waals surface area contributed by atoms with E-state index < -0.39 is 5.97 Å². The molecular formula is C18H15NO4S. The van der Waals surface area contributed by atoms with Crippen LogP contribution in [-0.2, 0) is 9.53 Å². The standard InChI is InChI=1S/C18H15NO4S/c1-22-13-6-3-11(4-7-13)9-16-17(20)19-14-10-12(18(21)23-2)5-8-15(14)24-16/h3-10H,1-2H3,(H,19,20)/b16-9+. The van der Waals surface area contributed by atoms with Crippen molar-refractivity contribution < 1.29 is 19.1 Å². The van der Waals surface area contributed by atoms with Gasteiger partial charge in [-0.2, -0.15) is 0 Å². The lowest BCUT2D eigenvalue weighted by atomic mass is 10.2. The van der Waals surface area contributed by atoms with Gasteiger partial charge >= 0.3 is 5.97 Å². The second-order valence-corrected chi connectivity index (χ2v) is 6.12. The predicted molar refractivity (Wildman–Crippen MR) is 93.2 cm³/mol. The first-order chi connectivity index (χ1) is 11.6. The van der Waals surface area contributed by atoms with Gasteiger partial charge in [-0.1, -0.05) is 23.9 Å². The van der Waals surface area contributed by atoms with Crippen molar-refractivity contribution in [2.24, 2.45) is 0 Å². The van der Waals surface area contributed by atoms with E-state index in [4.69, 9.17) is 9.47 Å². The molecule has 1 aliphatic heterocycles. The van der Waals surface area contributed by atoms with Crippen LogP contribution in [0.4, 0.5) is 5.69 Å². The Hall–Kier alpha value is -2.73. The normalized spacial score (nSPS) is 14.8. The van der Waals surface area contributed by atoms with Crippen LogP contribution in [0.5, 0.6) is 5.75 Å². The van der Waals surface area contributed by atoms with Crippen LogP contribution in [0.1, 0.15) is 15.9 Å². The Balaban J connectivity index is 1.87. The third-order valence-electron chi connectivity index (χ3n) is 3.51. The van der Waals surface area contributed by atoms with Crippen molar-refractivity contribution in [1.29, 1.82) is 0 Å². The zero-order valence-corrected chi connectivity index (χ0v) is 14.0. The minimum Gasteiger partial charge on any atom is -0.497 e. The van der Waals surface area contributed by atoms with Gasteiger partial charge in [-0.3, -0.25) is 4.79 Å². The third-order valence-corrected chi connectivity index (χ3v) is 4.61. The average molecular weight is 341 g/mol. The van der Waals surface area contributed by atoms with Gasteiger partial charge in [0.25, 0.3) is 5.91 Å². The second-order valence-electron chi connectivity index (χ2n) is 5.04. The Morgan fingerprint density at radius 3 is 2.54 bits per heavy atom. The van der Waals surface area contributed by atoms with Crippen molar-refractivity contribution in [3.05, 3.63) is 58.5 Å². The molecule has 0 radical (unpaired) electrons. The lowest BCUT2D eigenvalue weighted by Crippen LogP contribution is -2.18. The lowest BCUT2D eigenvalue weighted by molar-refractivity contribution is -0.112. The Bertz CT molecular complexity index is 827. The second kappa shape index (κ2) is 6.80. The van der Waals surface area contributed by atoms with Crippen LogP contribution in [0.2, 0.25) is 0 Å². The summed E-state index contributed by atoms with van der Waals surface area (Å²) in [6.07, 6.45) is 1.82. The molecule has 0 atom stereocenters. The smallest absolute Gasteiger partial charge is 0.337 e. The zero-order valence-electron chi connectivity index (χ0n) is 13.2. The van der Waals surface area contributed by atoms with E-state index >= 15 is 0 Å². The molecule has 2 aromatic carbocycles. The first-order valence-electron chi connectivity index (χ1n) is 7.18. The maximum atomic E-state index is 12.3. The van der Waals surface area contributed by atoms with Crippen molar-refractivity contribution in [2.45, 2.75) is 4.90 Å². The van der Waals surface area contributed by atoms with Gasteiger partial charge in [0.05, 0.1) is 30.4 Å². The molecule has 1 N–H and O–H groups in total. The number of fused-ring (bicyclic) bond motifs is 1. The fourth-order valence-corrected chi connectivity index (χ4v) is 3.19. The summed E-state index contributed by atoms with van der Waals surface area (Å²) in [5.41, 5.74) is 1.92. The molecule has 0 saturated heterocycles. The molecule has 0 bridgehead atoms. The Kier molecular flexibility index (Phi) is 4.57. The number of rotatable bonds is 3. The largest absolute Gasteiger partial charge is 0.497 e. The van der Waals surface area contributed by atoms with Crippen molar-refractivity contribution in [1.82, 2.24) is 0 Å². The van der Waals surface area contributed by atoms with Gasteiger partial charge in [0.15, 0.2) is 0 Å². The van der Waals surface area contributed by atoms with Crippen molar-refractivity contribution in [3.63, 3.8) is 0 Å². The van der Waals surface area contributed by atoms with Crippen LogP contribution in [0.25, 0.3) is 6.08 Å². The first-order valence-corrected chi connectivity index (χ1v) is 7.99. The minimum atomic E-state index is -0.434. The van der Waals surface area contributed by atoms with Crippen molar-refractivity contribution >= 4 is 35.4 Å². The summed E-state index contributed by atoms with van der Waals surface area (Å²) in [7, 11) is 2.93. The predicted octanol–water partition coefficient (Wildman–Crippen LogP) is 3.57. The number of carbonyl (C=O) groups excluding carboxylic acids is 2. The number of benzene rings is 2. The molecule has 0 spiro atoms. The molecule has 1 heterocycles. The van der Waals surface area contributed by atoms with Crippen LogP contribution < -0.4 is 10.1 Å². The molecule has 0 saturated carbocycles. The zero-order chi connectivity index (χ0) is 17.1. The van der Waals surface area contributed by atoms with Crippen LogP contribution in [0.15, 0.2) is 52.3 Å². The van der Waals surface area contributed by atoms with E-state index in [9.17, 15) is 9.59 Å². The van der Waals surface area contributed by atoms with Crippen molar-refractivity contribution in [2.75, 3.05) is 19.5 Å². The number of nitrogens with one attached hydrogen (secondary N) is 1. The van der Waals surface area contributed by atoms with Gasteiger partial charge in [-0.15, -0.1) is 0 Å². The highest BCUT2D eigenvalue weighted by Gasteiger charge is 2.22. The van der Waals surface area contributed by atoms with E-state index in [1.807, 2.05) is 30.3 Å². The summed E-state index contributed by atoms with van der Waals surface area (Å²) in [6.45, 7) is 0. The number of anilines is 1. The monoisotopic (exact) mass is 341 g/mol. The maximum absolute atomic E-state index is 12.3. The highest BCUT2D eigenvalue weighted by Crippen LogP contribution is 2.39. The van der Waals surface area contributed by atoms with E-state index in [0.29, 0.717) is 16.2 Å². The number of esters is 1. The fraction of sp³-hybridized carbons (Fsp3) is 0.111. The van der Waals surface area contributed by atoms with Crippen molar-refractivity contribution in [3.8, 4) is 5.75 Å². The molecule has 3 rings (SSSR count). The van der Waals surface area contributed by atoms with E-state index in [-0.39, 0.29) is 5.91 Å². The molecule has 5 nitrogen and oxygen atoms in total. The highest BCUT2D eigenvalue weighted by atomic mass is 32.2. The summed E-state index contributed by atoms with van der Waals surface area (Å²) in [5, 5.41) is 2.81. The van der Waals surface area contributed by atoms with E-state index in [0.717, 1.165) is 16.2 Å². The molecule has 0 unspecified atom stereocenters. The molecule has 1 aliphatic rings. The Labute approximate surface area is 143 Å². The number of thioether (sulfide) groups is 1. The summed E-state index contributed by atoms with van der Waals surface area (Å²) < 4.78 is 9.82. The molecule has 1 amide bonds. The van der Waals surface area contributed by atoms with E-state index in [2.05, 4.69) is 5.32 Å². The van der Waals surface area contributed by atoms with Crippen LogP contribution in [0.3, 0.4) is 0 Å². The van der Waals surface area contributed by atoms with Gasteiger partial charge in [0, 0.05) is 4.90 Å². The Morgan fingerprint density at radius 2 is 1.88 bits per heavy atom.